The van der Waals surface area contributed by atoms with E-state index in [9.17, 15) is 13.2 Å². The van der Waals surface area contributed by atoms with Crippen molar-refractivity contribution in [2.75, 3.05) is 37.9 Å². The van der Waals surface area contributed by atoms with Gasteiger partial charge in [-0.2, -0.15) is 4.31 Å². The maximum absolute atomic E-state index is 12.9. The van der Waals surface area contributed by atoms with Crippen molar-refractivity contribution in [3.63, 3.8) is 0 Å². The first-order valence-electron chi connectivity index (χ1n) is 8.55. The molecule has 3 rings (SSSR count). The Morgan fingerprint density at radius 3 is 2.78 bits per heavy atom. The molecule has 10 heteroatoms. The third-order valence-corrected chi connectivity index (χ3v) is 7.35. The van der Waals surface area contributed by atoms with Crippen molar-refractivity contribution >= 4 is 54.2 Å². The first-order chi connectivity index (χ1) is 12.7. The second kappa shape index (κ2) is 8.00. The van der Waals surface area contributed by atoms with Gasteiger partial charge in [0.05, 0.1) is 40.7 Å². The number of amides is 1. The van der Waals surface area contributed by atoms with E-state index >= 15 is 0 Å². The average molecular weight is 432 g/mol. The van der Waals surface area contributed by atoms with Gasteiger partial charge in [-0.15, -0.1) is 0 Å². The Hall–Kier alpha value is -1.26. The highest BCUT2D eigenvalue weighted by atomic mass is 35.5. The van der Waals surface area contributed by atoms with Crippen LogP contribution < -0.4 is 4.90 Å². The van der Waals surface area contributed by atoms with E-state index < -0.39 is 10.0 Å². The zero-order valence-corrected chi connectivity index (χ0v) is 17.8. The molecule has 0 spiro atoms. The maximum atomic E-state index is 12.9. The fourth-order valence-electron chi connectivity index (χ4n) is 2.88. The molecule has 0 aliphatic carbocycles. The van der Waals surface area contributed by atoms with Gasteiger partial charge in [-0.3, -0.25) is 9.69 Å². The van der Waals surface area contributed by atoms with Gasteiger partial charge in [0.25, 0.3) is 0 Å². The second-order valence-electron chi connectivity index (χ2n) is 6.70. The number of halogens is 1. The molecule has 27 heavy (non-hydrogen) atoms. The molecule has 0 N–H and O–H groups in total. The van der Waals surface area contributed by atoms with E-state index in [4.69, 9.17) is 16.3 Å². The maximum Gasteiger partial charge on any atom is 0.244 e. The first kappa shape index (κ1) is 20.5. The molecule has 1 amide bonds. The summed E-state index contributed by atoms with van der Waals surface area (Å²) in [7, 11) is -2.08. The number of ether oxygens (including phenoxy) is 1. The topological polar surface area (TPSA) is 79.8 Å². The normalized spacial score (nSPS) is 17.7. The van der Waals surface area contributed by atoms with Crippen LogP contribution in [0.1, 0.15) is 18.4 Å². The largest absolute Gasteiger partial charge is 0.376 e. The number of rotatable bonds is 6. The quantitative estimate of drug-likeness (QED) is 0.702. The van der Waals surface area contributed by atoms with Gasteiger partial charge in [-0.25, -0.2) is 13.4 Å². The molecule has 1 aromatic carbocycles. The minimum atomic E-state index is -3.46. The number of hydrogen-bond donors (Lipinski definition) is 0. The highest BCUT2D eigenvalue weighted by Gasteiger charge is 2.28. The van der Waals surface area contributed by atoms with Gasteiger partial charge in [0.1, 0.15) is 0 Å². The predicted octanol–water partition coefficient (Wildman–Crippen LogP) is 2.66. The molecule has 2 aromatic rings. The lowest BCUT2D eigenvalue weighted by molar-refractivity contribution is -0.119. The van der Waals surface area contributed by atoms with Crippen LogP contribution in [0.25, 0.3) is 10.2 Å². The molecular formula is C17H22ClN3O4S2. The van der Waals surface area contributed by atoms with Crippen molar-refractivity contribution in [2.24, 2.45) is 0 Å². The molecule has 2 heterocycles. The molecule has 0 radical (unpaired) electrons. The highest BCUT2D eigenvalue weighted by molar-refractivity contribution is 7.88. The summed E-state index contributed by atoms with van der Waals surface area (Å²) in [6.07, 6.45) is 2.80. The van der Waals surface area contributed by atoms with Crippen molar-refractivity contribution in [3.8, 4) is 0 Å². The molecule has 1 aliphatic rings. The fourth-order valence-corrected chi connectivity index (χ4v) is 4.57. The Balaban J connectivity index is 1.95. The van der Waals surface area contributed by atoms with Crippen molar-refractivity contribution in [1.82, 2.24) is 9.29 Å². The lowest BCUT2D eigenvalue weighted by Gasteiger charge is -2.25. The third kappa shape index (κ3) is 4.60. The number of benzene rings is 1. The number of aromatic nitrogens is 1. The Labute approximate surface area is 167 Å². The van der Waals surface area contributed by atoms with E-state index in [0.29, 0.717) is 23.3 Å². The van der Waals surface area contributed by atoms with Crippen molar-refractivity contribution < 1.29 is 17.9 Å². The molecule has 1 atom stereocenters. The SMILES string of the molecule is Cc1ccc(Cl)c2sc(N(CC3CCCO3)C(=O)CN(C)S(C)(=O)=O)nc12. The van der Waals surface area contributed by atoms with Crippen LogP contribution in [-0.4, -0.2) is 62.7 Å². The van der Waals surface area contributed by atoms with Crippen LogP contribution >= 0.6 is 22.9 Å². The first-order valence-corrected chi connectivity index (χ1v) is 11.6. The van der Waals surface area contributed by atoms with Gasteiger partial charge < -0.3 is 4.74 Å². The van der Waals surface area contributed by atoms with Crippen LogP contribution in [0.2, 0.25) is 5.02 Å². The molecule has 1 aromatic heterocycles. The molecule has 1 aliphatic heterocycles. The standard InChI is InChI=1S/C17H22ClN3O4S2/c1-11-6-7-13(18)16-15(11)19-17(26-16)21(9-12-5-4-8-25-12)14(22)10-20(2)27(3,23)24/h6-7,12H,4-5,8-10H2,1-3H3. The number of carbonyl (C=O) groups excluding carboxylic acids is 1. The number of aryl methyl sites for hydroxylation is 1. The summed E-state index contributed by atoms with van der Waals surface area (Å²) in [6.45, 7) is 2.69. The summed E-state index contributed by atoms with van der Waals surface area (Å²) in [6, 6.07) is 3.70. The van der Waals surface area contributed by atoms with Gasteiger partial charge in [-0.1, -0.05) is 29.0 Å². The number of carbonyl (C=O) groups is 1. The molecule has 1 unspecified atom stereocenters. The Morgan fingerprint density at radius 1 is 1.44 bits per heavy atom. The van der Waals surface area contributed by atoms with E-state index in [2.05, 4.69) is 4.98 Å². The second-order valence-corrected chi connectivity index (χ2v) is 10.2. The van der Waals surface area contributed by atoms with Gasteiger partial charge in [-0.05, 0) is 31.4 Å². The summed E-state index contributed by atoms with van der Waals surface area (Å²) in [5.74, 6) is -0.341. The number of nitrogens with zero attached hydrogens (tertiary/aromatic N) is 3. The number of anilines is 1. The van der Waals surface area contributed by atoms with Crippen molar-refractivity contribution in [2.45, 2.75) is 25.9 Å². The monoisotopic (exact) mass is 431 g/mol. The van der Waals surface area contributed by atoms with Crippen LogP contribution in [-0.2, 0) is 19.6 Å². The molecule has 148 valence electrons. The van der Waals surface area contributed by atoms with E-state index in [0.717, 1.165) is 39.2 Å². The van der Waals surface area contributed by atoms with E-state index in [1.54, 1.807) is 0 Å². The van der Waals surface area contributed by atoms with Gasteiger partial charge in [0.2, 0.25) is 15.9 Å². The van der Waals surface area contributed by atoms with Gasteiger partial charge in [0.15, 0.2) is 5.13 Å². The van der Waals surface area contributed by atoms with E-state index in [-0.39, 0.29) is 18.6 Å². The molecule has 7 nitrogen and oxygen atoms in total. The van der Waals surface area contributed by atoms with Crippen LogP contribution in [0.3, 0.4) is 0 Å². The van der Waals surface area contributed by atoms with Gasteiger partial charge >= 0.3 is 0 Å². The Morgan fingerprint density at radius 2 is 2.19 bits per heavy atom. The fraction of sp³-hybridized carbons (Fsp3) is 0.529. The van der Waals surface area contributed by atoms with Crippen molar-refractivity contribution in [3.05, 3.63) is 22.7 Å². The molecule has 0 bridgehead atoms. The summed E-state index contributed by atoms with van der Waals surface area (Å²) >= 11 is 7.63. The summed E-state index contributed by atoms with van der Waals surface area (Å²) in [5.41, 5.74) is 1.72. The predicted molar refractivity (Wildman–Crippen MR) is 108 cm³/mol. The molecule has 1 saturated heterocycles. The van der Waals surface area contributed by atoms with Crippen LogP contribution in [0.4, 0.5) is 5.13 Å². The van der Waals surface area contributed by atoms with E-state index in [1.807, 2.05) is 19.1 Å². The highest BCUT2D eigenvalue weighted by Crippen LogP contribution is 2.36. The summed E-state index contributed by atoms with van der Waals surface area (Å²) in [4.78, 5) is 19.1. The van der Waals surface area contributed by atoms with Gasteiger partial charge in [0, 0.05) is 13.7 Å². The molecule has 1 fully saturated rings. The average Bonchev–Trinajstić information content (AvgIpc) is 3.25. The zero-order chi connectivity index (χ0) is 19.8. The van der Waals surface area contributed by atoms with Crippen LogP contribution in [0.5, 0.6) is 0 Å². The summed E-state index contributed by atoms with van der Waals surface area (Å²) < 4.78 is 30.9. The number of hydrogen-bond acceptors (Lipinski definition) is 6. The lowest BCUT2D eigenvalue weighted by Crippen LogP contribution is -2.44. The minimum absolute atomic E-state index is 0.0823. The van der Waals surface area contributed by atoms with E-state index in [1.165, 1.54) is 23.3 Å². The third-order valence-electron chi connectivity index (χ3n) is 4.55. The number of thiazole rings is 1. The minimum Gasteiger partial charge on any atom is -0.376 e. The smallest absolute Gasteiger partial charge is 0.244 e. The van der Waals surface area contributed by atoms with Crippen LogP contribution in [0.15, 0.2) is 12.1 Å². The Bertz CT molecular complexity index is 915. The number of sulfonamides is 1. The lowest BCUT2D eigenvalue weighted by atomic mass is 10.2. The number of likely N-dealkylation sites (N-methyl/N-ethyl adjacent to an activating group) is 1. The number of fused-ring (bicyclic) bond motifs is 1. The van der Waals surface area contributed by atoms with Crippen molar-refractivity contribution in [1.29, 1.82) is 0 Å². The van der Waals surface area contributed by atoms with Crippen LogP contribution in [0, 0.1) is 6.92 Å². The zero-order valence-electron chi connectivity index (χ0n) is 15.4. The molecule has 0 saturated carbocycles. The summed E-state index contributed by atoms with van der Waals surface area (Å²) in [5, 5.41) is 1.08. The molecular weight excluding hydrogens is 410 g/mol. The Kier molecular flexibility index (Phi) is 6.07.